The number of hydrogen-bond donors (Lipinski definition) is 4. The maximum Gasteiger partial charge on any atom is 0.573 e. The first-order valence-corrected chi connectivity index (χ1v) is 8.76. The van der Waals surface area contributed by atoms with Gasteiger partial charge >= 0.3 is 6.36 Å². The van der Waals surface area contributed by atoms with Gasteiger partial charge in [-0.15, -0.1) is 25.8 Å². The van der Waals surface area contributed by atoms with Crippen LogP contribution in [0.25, 0.3) is 0 Å². The normalized spacial score (nSPS) is 12.8. The molecular weight excluding hydrogens is 433 g/mol. The van der Waals surface area contributed by atoms with Gasteiger partial charge in [-0.3, -0.25) is 4.79 Å². The molecule has 0 spiro atoms. The highest BCUT2D eigenvalue weighted by molar-refractivity contribution is 7.84. The van der Waals surface area contributed by atoms with Gasteiger partial charge < -0.3 is 21.5 Å². The van der Waals surface area contributed by atoms with Crippen LogP contribution >= 0.6 is 12.6 Å². The van der Waals surface area contributed by atoms with E-state index in [0.29, 0.717) is 16.9 Å². The molecule has 5 N–H and O–H groups in total. The average molecular weight is 448 g/mol. The molecule has 0 saturated carbocycles. The van der Waals surface area contributed by atoms with Gasteiger partial charge in [0.05, 0.1) is 10.7 Å². The smallest absolute Gasteiger partial charge is 0.406 e. The van der Waals surface area contributed by atoms with Crippen LogP contribution in [0.4, 0.5) is 24.5 Å². The van der Waals surface area contributed by atoms with E-state index >= 15 is 0 Å². The van der Waals surface area contributed by atoms with Crippen molar-refractivity contribution in [2.75, 3.05) is 5.32 Å². The molecular formula is C19H15F3N6O2S. The molecule has 2 rings (SSSR count). The fourth-order valence-corrected chi connectivity index (χ4v) is 2.26. The summed E-state index contributed by atoms with van der Waals surface area (Å²) in [6.45, 7) is 0. The van der Waals surface area contributed by atoms with Crippen molar-refractivity contribution in [2.45, 2.75) is 6.36 Å². The van der Waals surface area contributed by atoms with Crippen LogP contribution in [0.3, 0.4) is 0 Å². The van der Waals surface area contributed by atoms with Crippen molar-refractivity contribution in [3.8, 4) is 11.8 Å². The Balaban J connectivity index is 2.01. The Hall–Kier alpha value is -3.98. The van der Waals surface area contributed by atoms with Crippen molar-refractivity contribution < 1.29 is 22.7 Å². The molecule has 0 aliphatic carbocycles. The Morgan fingerprint density at radius 3 is 2.26 bits per heavy atom. The maximum absolute atomic E-state index is 12.1. The number of carbonyl (C=O) groups excluding carboxylic acids is 1. The molecule has 0 heterocycles. The molecule has 0 atom stereocenters. The summed E-state index contributed by atoms with van der Waals surface area (Å²) in [6.07, 6.45) is -3.62. The number of alkyl halides is 3. The highest BCUT2D eigenvalue weighted by Gasteiger charge is 2.30. The van der Waals surface area contributed by atoms with Gasteiger partial charge in [-0.2, -0.15) is 5.26 Å². The van der Waals surface area contributed by atoms with Crippen molar-refractivity contribution in [1.82, 2.24) is 0 Å². The number of benzene rings is 2. The Morgan fingerprint density at radius 1 is 1.13 bits per heavy atom. The number of carbonyl (C=O) groups is 1. The van der Waals surface area contributed by atoms with Gasteiger partial charge in [-0.05, 0) is 48.5 Å². The Morgan fingerprint density at radius 2 is 1.74 bits per heavy atom. The Labute approximate surface area is 180 Å². The summed E-state index contributed by atoms with van der Waals surface area (Å²) in [6, 6.07) is 12.8. The summed E-state index contributed by atoms with van der Waals surface area (Å²) in [4.78, 5) is 19.8. The van der Waals surface area contributed by atoms with Gasteiger partial charge in [-0.25, -0.2) is 9.98 Å². The van der Waals surface area contributed by atoms with E-state index in [2.05, 4.69) is 32.7 Å². The topological polar surface area (TPSA) is 139 Å². The van der Waals surface area contributed by atoms with Crippen molar-refractivity contribution in [3.05, 3.63) is 64.7 Å². The zero-order valence-electron chi connectivity index (χ0n) is 15.6. The van der Waals surface area contributed by atoms with E-state index in [9.17, 15) is 18.0 Å². The third-order valence-corrected chi connectivity index (χ3v) is 3.73. The molecule has 0 saturated heterocycles. The number of ether oxygens (including phenoxy) is 1. The van der Waals surface area contributed by atoms with Gasteiger partial charge in [0.25, 0.3) is 5.91 Å². The number of rotatable bonds is 6. The second kappa shape index (κ2) is 10.2. The van der Waals surface area contributed by atoms with Crippen LogP contribution in [0.15, 0.2) is 69.1 Å². The second-order valence-electron chi connectivity index (χ2n) is 5.70. The highest BCUT2D eigenvalue weighted by Crippen LogP contribution is 2.24. The largest absolute Gasteiger partial charge is 0.573 e. The van der Waals surface area contributed by atoms with Gasteiger partial charge in [-0.1, -0.05) is 0 Å². The van der Waals surface area contributed by atoms with Crippen LogP contribution < -0.4 is 21.5 Å². The van der Waals surface area contributed by atoms with Crippen LogP contribution in [0, 0.1) is 11.3 Å². The number of nitriles is 1. The molecule has 2 aromatic carbocycles. The molecule has 0 aliphatic heterocycles. The summed E-state index contributed by atoms with van der Waals surface area (Å²) < 4.78 is 40.2. The number of amidine groups is 1. The monoisotopic (exact) mass is 448 g/mol. The minimum atomic E-state index is -4.77. The lowest BCUT2D eigenvalue weighted by molar-refractivity contribution is -0.274. The fourth-order valence-electron chi connectivity index (χ4n) is 2.11. The number of amides is 1. The van der Waals surface area contributed by atoms with Gasteiger partial charge in [0.2, 0.25) is 0 Å². The van der Waals surface area contributed by atoms with Crippen LogP contribution in [0.5, 0.6) is 5.75 Å². The molecule has 0 aromatic heterocycles. The molecule has 0 unspecified atom stereocenters. The number of halogens is 3. The molecule has 0 radical (unpaired) electrons. The number of nitrogens with one attached hydrogen (secondary N) is 1. The minimum absolute atomic E-state index is 0.107. The molecule has 160 valence electrons. The summed E-state index contributed by atoms with van der Waals surface area (Å²) in [5.41, 5.74) is 12.1. The average Bonchev–Trinajstić information content (AvgIpc) is 2.69. The zero-order chi connectivity index (χ0) is 23.0. The first-order chi connectivity index (χ1) is 14.6. The predicted octanol–water partition coefficient (Wildman–Crippen LogP) is 3.21. The lowest BCUT2D eigenvalue weighted by atomic mass is 10.2. The minimum Gasteiger partial charge on any atom is -0.406 e. The standard InChI is InChI=1S/C19H15F3N6O2S/c20-19(21,22)30-14-7-5-12(6-8-14)26-10-27-16(24)11-1-3-13(4-2-11)28-18(29)15(9-23)17(25)31/h1-8,10,31H,25H2,(H,28,29)(H2,24,26,27)/b17-15-. The fraction of sp³-hybridized carbons (Fsp3) is 0.0526. The first kappa shape index (κ1) is 23.3. The van der Waals surface area contributed by atoms with Crippen LogP contribution in [0.1, 0.15) is 5.56 Å². The number of anilines is 1. The van der Waals surface area contributed by atoms with E-state index in [1.807, 2.05) is 0 Å². The number of hydrogen-bond acceptors (Lipinski definition) is 6. The summed E-state index contributed by atoms with van der Waals surface area (Å²) >= 11 is 3.78. The lowest BCUT2D eigenvalue weighted by Gasteiger charge is -2.08. The van der Waals surface area contributed by atoms with Gasteiger partial charge in [0, 0.05) is 11.3 Å². The van der Waals surface area contributed by atoms with E-state index in [1.54, 1.807) is 18.2 Å². The summed E-state index contributed by atoms with van der Waals surface area (Å²) in [7, 11) is 0. The first-order valence-electron chi connectivity index (χ1n) is 8.31. The Bertz CT molecular complexity index is 1070. The number of aliphatic imine (C=N–C) groups is 2. The molecule has 0 aliphatic rings. The van der Waals surface area contributed by atoms with E-state index < -0.39 is 12.3 Å². The van der Waals surface area contributed by atoms with Crippen molar-refractivity contribution >= 4 is 42.1 Å². The van der Waals surface area contributed by atoms with Crippen LogP contribution in [-0.4, -0.2) is 24.4 Å². The summed E-state index contributed by atoms with van der Waals surface area (Å²) in [5, 5.41) is 11.2. The van der Waals surface area contributed by atoms with Crippen LogP contribution in [-0.2, 0) is 4.79 Å². The second-order valence-corrected chi connectivity index (χ2v) is 6.19. The quantitative estimate of drug-likeness (QED) is 0.177. The number of nitrogens with zero attached hydrogens (tertiary/aromatic N) is 3. The lowest BCUT2D eigenvalue weighted by Crippen LogP contribution is -2.17. The molecule has 1 amide bonds. The number of nitrogens with two attached hydrogens (primary N) is 2. The predicted molar refractivity (Wildman–Crippen MR) is 113 cm³/mol. The molecule has 12 heteroatoms. The van der Waals surface area contributed by atoms with Gasteiger partial charge in [0.1, 0.15) is 29.6 Å². The van der Waals surface area contributed by atoms with Gasteiger partial charge in [0.15, 0.2) is 0 Å². The van der Waals surface area contributed by atoms with Crippen molar-refractivity contribution in [1.29, 1.82) is 5.26 Å². The van der Waals surface area contributed by atoms with Crippen LogP contribution in [0.2, 0.25) is 0 Å². The van der Waals surface area contributed by atoms with E-state index in [1.165, 1.54) is 24.3 Å². The zero-order valence-corrected chi connectivity index (χ0v) is 16.5. The molecule has 0 fully saturated rings. The third-order valence-electron chi connectivity index (χ3n) is 3.51. The third kappa shape index (κ3) is 7.41. The molecule has 0 bridgehead atoms. The van der Waals surface area contributed by atoms with E-state index in [0.717, 1.165) is 18.5 Å². The molecule has 8 nitrogen and oxygen atoms in total. The molecule has 2 aromatic rings. The SMILES string of the molecule is N#C/C(C(=O)Nc1ccc(C(N)=NC=Nc2ccc(OC(F)(F)F)cc2)cc1)=C(\N)S. The summed E-state index contributed by atoms with van der Waals surface area (Å²) in [5.74, 6) is -0.963. The van der Waals surface area contributed by atoms with E-state index in [-0.39, 0.29) is 22.2 Å². The van der Waals surface area contributed by atoms with E-state index in [4.69, 9.17) is 16.7 Å². The van der Waals surface area contributed by atoms with Crippen molar-refractivity contribution in [3.63, 3.8) is 0 Å². The molecule has 31 heavy (non-hydrogen) atoms. The highest BCUT2D eigenvalue weighted by atomic mass is 32.1. The maximum atomic E-state index is 12.1. The Kier molecular flexibility index (Phi) is 7.64. The van der Waals surface area contributed by atoms with Crippen molar-refractivity contribution in [2.24, 2.45) is 21.5 Å². The number of thiol groups is 1.